The van der Waals surface area contributed by atoms with Gasteiger partial charge in [0, 0.05) is 25.3 Å². The number of hydrogen-bond acceptors (Lipinski definition) is 7. The summed E-state index contributed by atoms with van der Waals surface area (Å²) in [6, 6.07) is 7.52. The lowest BCUT2D eigenvalue weighted by Gasteiger charge is -2.17. The van der Waals surface area contributed by atoms with E-state index in [2.05, 4.69) is 20.0 Å². The van der Waals surface area contributed by atoms with E-state index in [-0.39, 0.29) is 11.6 Å². The van der Waals surface area contributed by atoms with Gasteiger partial charge in [-0.2, -0.15) is 5.10 Å². The lowest BCUT2D eigenvalue weighted by Crippen LogP contribution is -2.17. The molecule has 28 heavy (non-hydrogen) atoms. The van der Waals surface area contributed by atoms with Gasteiger partial charge in [-0.15, -0.1) is 0 Å². The molecule has 0 N–H and O–H groups in total. The van der Waals surface area contributed by atoms with Gasteiger partial charge in [0.15, 0.2) is 11.4 Å². The maximum absolute atomic E-state index is 12.3. The molecule has 0 bridgehead atoms. The number of carbonyl (C=O) groups is 1. The maximum atomic E-state index is 12.3. The fraction of sp³-hybridized carbons (Fsp3) is 0.300. The molecule has 1 fully saturated rings. The van der Waals surface area contributed by atoms with E-state index in [1.54, 1.807) is 29.2 Å². The quantitative estimate of drug-likeness (QED) is 0.480. The van der Waals surface area contributed by atoms with Crippen LogP contribution >= 0.6 is 0 Å². The van der Waals surface area contributed by atoms with E-state index in [9.17, 15) is 4.79 Å². The maximum Gasteiger partial charge on any atom is 0.363 e. The van der Waals surface area contributed by atoms with Crippen LogP contribution in [0.15, 0.2) is 49.1 Å². The van der Waals surface area contributed by atoms with Crippen molar-refractivity contribution in [2.75, 3.05) is 18.0 Å². The molecule has 8 heteroatoms. The van der Waals surface area contributed by atoms with Crippen LogP contribution in [0.3, 0.4) is 0 Å². The number of hydrogen-bond donors (Lipinski definition) is 0. The third kappa shape index (κ3) is 4.11. The molecule has 0 atom stereocenters. The molecule has 1 aromatic carbocycles. The normalized spacial score (nSPS) is 13.5. The number of benzene rings is 1. The van der Waals surface area contributed by atoms with Crippen LogP contribution in [0.25, 0.3) is 0 Å². The molecule has 144 valence electrons. The minimum absolute atomic E-state index is 0.111. The molecule has 2 aromatic heterocycles. The zero-order chi connectivity index (χ0) is 19.3. The summed E-state index contributed by atoms with van der Waals surface area (Å²) in [6.07, 6.45) is 8.51. The van der Waals surface area contributed by atoms with Crippen LogP contribution in [-0.4, -0.2) is 38.8 Å². The van der Waals surface area contributed by atoms with Gasteiger partial charge in [-0.1, -0.05) is 0 Å². The third-order valence-electron chi connectivity index (χ3n) is 4.51. The van der Waals surface area contributed by atoms with Crippen molar-refractivity contribution in [1.29, 1.82) is 0 Å². The molecule has 1 aliphatic heterocycles. The van der Waals surface area contributed by atoms with Crippen LogP contribution < -0.4 is 14.4 Å². The van der Waals surface area contributed by atoms with Gasteiger partial charge in [-0.25, -0.2) is 14.8 Å². The van der Waals surface area contributed by atoms with Crippen molar-refractivity contribution >= 4 is 11.7 Å². The number of aryl methyl sites for hydroxylation is 1. The smallest absolute Gasteiger partial charge is 0.363 e. The standard InChI is InChI=1S/C20H21N5O3/c1-2-25-14-17(11-23-25)27-19-13-21-18(12-22-19)20(26)28-16-7-5-15(6-8-16)24-9-3-4-10-24/h5-8,11-14H,2-4,9-10H2,1H3. The Bertz CT molecular complexity index is 931. The molecule has 8 nitrogen and oxygen atoms in total. The van der Waals surface area contributed by atoms with Gasteiger partial charge in [-0.05, 0) is 44.0 Å². The molecule has 1 aliphatic rings. The van der Waals surface area contributed by atoms with E-state index in [1.807, 2.05) is 19.1 Å². The Balaban J connectivity index is 1.36. The zero-order valence-corrected chi connectivity index (χ0v) is 15.6. The van der Waals surface area contributed by atoms with E-state index in [0.29, 0.717) is 11.5 Å². The number of carbonyl (C=O) groups excluding carboxylic acids is 1. The van der Waals surface area contributed by atoms with E-state index in [4.69, 9.17) is 9.47 Å². The van der Waals surface area contributed by atoms with E-state index in [1.165, 1.54) is 25.2 Å². The van der Waals surface area contributed by atoms with Gasteiger partial charge < -0.3 is 14.4 Å². The van der Waals surface area contributed by atoms with Crippen molar-refractivity contribution in [3.8, 4) is 17.4 Å². The fourth-order valence-corrected chi connectivity index (χ4v) is 3.02. The molecule has 0 unspecified atom stereocenters. The predicted molar refractivity (Wildman–Crippen MR) is 103 cm³/mol. The van der Waals surface area contributed by atoms with E-state index >= 15 is 0 Å². The number of esters is 1. The van der Waals surface area contributed by atoms with Gasteiger partial charge in [0.1, 0.15) is 5.75 Å². The summed E-state index contributed by atoms with van der Waals surface area (Å²) in [5.74, 6) is 0.751. The highest BCUT2D eigenvalue weighted by atomic mass is 16.5. The minimum atomic E-state index is -0.563. The van der Waals surface area contributed by atoms with E-state index in [0.717, 1.165) is 25.3 Å². The van der Waals surface area contributed by atoms with Crippen LogP contribution in [0.4, 0.5) is 5.69 Å². The molecular weight excluding hydrogens is 358 g/mol. The highest BCUT2D eigenvalue weighted by Gasteiger charge is 2.14. The molecule has 0 amide bonds. The molecule has 1 saturated heterocycles. The first kappa shape index (κ1) is 18.0. The Morgan fingerprint density at radius 1 is 1.04 bits per heavy atom. The monoisotopic (exact) mass is 379 g/mol. The Labute approximate surface area is 162 Å². The Morgan fingerprint density at radius 3 is 2.46 bits per heavy atom. The van der Waals surface area contributed by atoms with Gasteiger partial charge in [0.2, 0.25) is 5.88 Å². The van der Waals surface area contributed by atoms with Crippen LogP contribution in [0.2, 0.25) is 0 Å². The van der Waals surface area contributed by atoms with Gasteiger partial charge in [0.05, 0.1) is 24.8 Å². The van der Waals surface area contributed by atoms with Crippen molar-refractivity contribution in [3.05, 3.63) is 54.7 Å². The zero-order valence-electron chi connectivity index (χ0n) is 15.6. The third-order valence-corrected chi connectivity index (χ3v) is 4.51. The van der Waals surface area contributed by atoms with Crippen molar-refractivity contribution in [3.63, 3.8) is 0 Å². The van der Waals surface area contributed by atoms with Gasteiger partial charge >= 0.3 is 5.97 Å². The lowest BCUT2D eigenvalue weighted by atomic mass is 10.3. The number of nitrogens with zero attached hydrogens (tertiary/aromatic N) is 5. The summed E-state index contributed by atoms with van der Waals surface area (Å²) < 4.78 is 12.7. The second-order valence-electron chi connectivity index (χ2n) is 6.45. The summed E-state index contributed by atoms with van der Waals surface area (Å²) >= 11 is 0. The van der Waals surface area contributed by atoms with Gasteiger partial charge in [-0.3, -0.25) is 4.68 Å². The summed E-state index contributed by atoms with van der Waals surface area (Å²) in [6.45, 7) is 4.88. The average molecular weight is 379 g/mol. The number of aromatic nitrogens is 4. The molecule has 3 aromatic rings. The second kappa shape index (κ2) is 8.08. The number of rotatable bonds is 6. The Morgan fingerprint density at radius 2 is 1.82 bits per heavy atom. The summed E-state index contributed by atoms with van der Waals surface area (Å²) in [4.78, 5) is 22.8. The minimum Gasteiger partial charge on any atom is -0.434 e. The molecule has 0 radical (unpaired) electrons. The van der Waals surface area contributed by atoms with Crippen molar-refractivity contribution in [1.82, 2.24) is 19.7 Å². The highest BCUT2D eigenvalue weighted by molar-refractivity contribution is 5.88. The predicted octanol–water partition coefficient (Wildman–Crippen LogP) is 3.30. The number of anilines is 1. The van der Waals surface area contributed by atoms with Crippen molar-refractivity contribution in [2.24, 2.45) is 0 Å². The number of ether oxygens (including phenoxy) is 2. The van der Waals surface area contributed by atoms with Crippen LogP contribution in [0, 0.1) is 0 Å². The Hall–Kier alpha value is -3.42. The van der Waals surface area contributed by atoms with Crippen molar-refractivity contribution in [2.45, 2.75) is 26.3 Å². The SMILES string of the molecule is CCn1cc(Oc2cnc(C(=O)Oc3ccc(N4CCCC4)cc3)cn2)cn1. The van der Waals surface area contributed by atoms with E-state index < -0.39 is 5.97 Å². The molecule has 0 saturated carbocycles. The first-order chi connectivity index (χ1) is 13.7. The Kier molecular flexibility index (Phi) is 5.18. The molecule has 4 rings (SSSR count). The topological polar surface area (TPSA) is 82.4 Å². The molecular formula is C20H21N5O3. The second-order valence-corrected chi connectivity index (χ2v) is 6.45. The van der Waals surface area contributed by atoms with Crippen LogP contribution in [0.1, 0.15) is 30.3 Å². The molecule has 0 aliphatic carbocycles. The summed E-state index contributed by atoms with van der Waals surface area (Å²) in [7, 11) is 0. The van der Waals surface area contributed by atoms with Crippen LogP contribution in [0.5, 0.6) is 17.4 Å². The fourth-order valence-electron chi connectivity index (χ4n) is 3.02. The average Bonchev–Trinajstić information content (AvgIpc) is 3.41. The summed E-state index contributed by atoms with van der Waals surface area (Å²) in [5.41, 5.74) is 1.25. The first-order valence-electron chi connectivity index (χ1n) is 9.31. The van der Waals surface area contributed by atoms with Crippen LogP contribution in [-0.2, 0) is 6.54 Å². The summed E-state index contributed by atoms with van der Waals surface area (Å²) in [5, 5.41) is 4.12. The highest BCUT2D eigenvalue weighted by Crippen LogP contribution is 2.23. The first-order valence-corrected chi connectivity index (χ1v) is 9.31. The molecule has 3 heterocycles. The molecule has 0 spiro atoms. The lowest BCUT2D eigenvalue weighted by molar-refractivity contribution is 0.0728. The van der Waals surface area contributed by atoms with Crippen molar-refractivity contribution < 1.29 is 14.3 Å². The largest absolute Gasteiger partial charge is 0.434 e. The van der Waals surface area contributed by atoms with Gasteiger partial charge in [0.25, 0.3) is 0 Å².